The number of hydrogen-bond donors (Lipinski definition) is 2. The van der Waals surface area contributed by atoms with E-state index in [1.165, 1.54) is 0 Å². The molecule has 0 bridgehead atoms. The predicted molar refractivity (Wildman–Crippen MR) is 70.9 cm³/mol. The fourth-order valence-corrected chi connectivity index (χ4v) is 2.49. The highest BCUT2D eigenvalue weighted by Gasteiger charge is 2.24. The minimum Gasteiger partial charge on any atom is -0.477 e. The standard InChI is InChI=1S/C15H13NO3/c1-9-6-13(15(18)19)16(8-9)12-7-14(17)11-5-3-2-4-10(11)12/h2-8,14,17H,1H3,(H,18,19). The molecule has 0 radical (unpaired) electrons. The number of aromatic carboxylic acids is 1. The van der Waals surface area contributed by atoms with Crippen LogP contribution in [-0.4, -0.2) is 20.7 Å². The minimum absolute atomic E-state index is 0.202. The fourth-order valence-electron chi connectivity index (χ4n) is 2.49. The van der Waals surface area contributed by atoms with Crippen molar-refractivity contribution in [3.8, 4) is 0 Å². The van der Waals surface area contributed by atoms with E-state index in [0.29, 0.717) is 5.70 Å². The van der Waals surface area contributed by atoms with E-state index in [1.54, 1.807) is 22.9 Å². The van der Waals surface area contributed by atoms with Crippen LogP contribution in [0.3, 0.4) is 0 Å². The van der Waals surface area contributed by atoms with Crippen molar-refractivity contribution >= 4 is 11.7 Å². The Morgan fingerprint density at radius 2 is 2.05 bits per heavy atom. The van der Waals surface area contributed by atoms with Gasteiger partial charge in [-0.15, -0.1) is 0 Å². The van der Waals surface area contributed by atoms with E-state index in [2.05, 4.69) is 0 Å². The quantitative estimate of drug-likeness (QED) is 0.866. The van der Waals surface area contributed by atoms with Gasteiger partial charge in [0.1, 0.15) is 11.8 Å². The van der Waals surface area contributed by atoms with Crippen LogP contribution in [0, 0.1) is 6.92 Å². The molecule has 3 rings (SSSR count). The Bertz CT molecular complexity index is 697. The first-order valence-corrected chi connectivity index (χ1v) is 6.00. The number of nitrogens with zero attached hydrogens (tertiary/aromatic N) is 1. The third-order valence-corrected chi connectivity index (χ3v) is 3.31. The maximum atomic E-state index is 11.3. The summed E-state index contributed by atoms with van der Waals surface area (Å²) < 4.78 is 1.62. The van der Waals surface area contributed by atoms with Gasteiger partial charge in [0.15, 0.2) is 0 Å². The van der Waals surface area contributed by atoms with E-state index >= 15 is 0 Å². The molecular formula is C15H13NO3. The molecule has 0 fully saturated rings. The van der Waals surface area contributed by atoms with Gasteiger partial charge in [-0.25, -0.2) is 4.79 Å². The number of aromatic nitrogens is 1. The number of aliphatic hydroxyl groups excluding tert-OH is 1. The normalized spacial score (nSPS) is 17.2. The molecular weight excluding hydrogens is 242 g/mol. The molecule has 0 amide bonds. The number of hydrogen-bond acceptors (Lipinski definition) is 2. The smallest absolute Gasteiger partial charge is 0.352 e. The monoisotopic (exact) mass is 255 g/mol. The molecule has 0 saturated heterocycles. The Morgan fingerprint density at radius 1 is 1.32 bits per heavy atom. The van der Waals surface area contributed by atoms with Crippen LogP contribution in [-0.2, 0) is 0 Å². The van der Waals surface area contributed by atoms with Gasteiger partial charge in [0, 0.05) is 11.8 Å². The Labute approximate surface area is 110 Å². The van der Waals surface area contributed by atoms with Crippen molar-refractivity contribution in [3.05, 3.63) is 65.0 Å². The molecule has 0 saturated carbocycles. The lowest BCUT2D eigenvalue weighted by atomic mass is 10.1. The number of aryl methyl sites for hydroxylation is 1. The fraction of sp³-hybridized carbons (Fsp3) is 0.133. The van der Waals surface area contributed by atoms with Crippen LogP contribution in [0.25, 0.3) is 5.70 Å². The lowest BCUT2D eigenvalue weighted by Gasteiger charge is -2.09. The molecule has 4 heteroatoms. The third kappa shape index (κ3) is 1.77. The summed E-state index contributed by atoms with van der Waals surface area (Å²) in [4.78, 5) is 11.3. The van der Waals surface area contributed by atoms with Gasteiger partial charge in [-0.3, -0.25) is 0 Å². The average Bonchev–Trinajstić information content (AvgIpc) is 2.91. The zero-order valence-corrected chi connectivity index (χ0v) is 10.4. The maximum Gasteiger partial charge on any atom is 0.352 e. The molecule has 1 atom stereocenters. The highest BCUT2D eigenvalue weighted by atomic mass is 16.4. The van der Waals surface area contributed by atoms with Crippen molar-refractivity contribution in [2.45, 2.75) is 13.0 Å². The van der Waals surface area contributed by atoms with Crippen LogP contribution in [0.5, 0.6) is 0 Å². The summed E-state index contributed by atoms with van der Waals surface area (Å²) >= 11 is 0. The molecule has 0 aliphatic heterocycles. The molecule has 1 unspecified atom stereocenters. The molecule has 2 N–H and O–H groups in total. The van der Waals surface area contributed by atoms with E-state index in [-0.39, 0.29) is 5.69 Å². The average molecular weight is 255 g/mol. The number of carbonyl (C=O) groups is 1. The van der Waals surface area contributed by atoms with Gasteiger partial charge < -0.3 is 14.8 Å². The molecule has 96 valence electrons. The van der Waals surface area contributed by atoms with E-state index < -0.39 is 12.1 Å². The van der Waals surface area contributed by atoms with Crippen molar-refractivity contribution in [1.29, 1.82) is 0 Å². The van der Waals surface area contributed by atoms with Crippen LogP contribution < -0.4 is 0 Å². The Balaban J connectivity index is 2.19. The first-order valence-electron chi connectivity index (χ1n) is 6.00. The van der Waals surface area contributed by atoms with Crippen molar-refractivity contribution < 1.29 is 15.0 Å². The molecule has 1 aromatic heterocycles. The summed E-state index contributed by atoms with van der Waals surface area (Å²) in [5, 5.41) is 19.3. The van der Waals surface area contributed by atoms with Crippen LogP contribution in [0.4, 0.5) is 0 Å². The minimum atomic E-state index is -0.979. The summed E-state index contributed by atoms with van der Waals surface area (Å²) in [5.74, 6) is -0.979. The molecule has 1 aliphatic rings. The van der Waals surface area contributed by atoms with Crippen molar-refractivity contribution in [3.63, 3.8) is 0 Å². The predicted octanol–water partition coefficient (Wildman–Crippen LogP) is 2.43. The first-order chi connectivity index (χ1) is 9.08. The summed E-state index contributed by atoms with van der Waals surface area (Å²) in [6.07, 6.45) is 2.76. The highest BCUT2D eigenvalue weighted by Crippen LogP contribution is 2.36. The molecule has 4 nitrogen and oxygen atoms in total. The third-order valence-electron chi connectivity index (χ3n) is 3.31. The van der Waals surface area contributed by atoms with Gasteiger partial charge in [0.05, 0.1) is 5.70 Å². The van der Waals surface area contributed by atoms with Crippen molar-refractivity contribution in [2.75, 3.05) is 0 Å². The van der Waals surface area contributed by atoms with E-state index in [0.717, 1.165) is 16.7 Å². The van der Waals surface area contributed by atoms with Crippen LogP contribution in [0.2, 0.25) is 0 Å². The largest absolute Gasteiger partial charge is 0.477 e. The number of rotatable bonds is 2. The number of fused-ring (bicyclic) bond motifs is 1. The summed E-state index contributed by atoms with van der Waals surface area (Å²) in [5.41, 5.74) is 3.46. The summed E-state index contributed by atoms with van der Waals surface area (Å²) in [6, 6.07) is 9.09. The van der Waals surface area contributed by atoms with Gasteiger partial charge in [-0.05, 0) is 30.2 Å². The molecule has 1 heterocycles. The van der Waals surface area contributed by atoms with Gasteiger partial charge in [-0.2, -0.15) is 0 Å². The Morgan fingerprint density at radius 3 is 2.79 bits per heavy atom. The molecule has 19 heavy (non-hydrogen) atoms. The van der Waals surface area contributed by atoms with Gasteiger partial charge in [0.2, 0.25) is 0 Å². The zero-order chi connectivity index (χ0) is 13.6. The second kappa shape index (κ2) is 4.10. The topological polar surface area (TPSA) is 62.5 Å². The maximum absolute atomic E-state index is 11.3. The van der Waals surface area contributed by atoms with Crippen LogP contribution in [0.15, 0.2) is 42.6 Å². The van der Waals surface area contributed by atoms with E-state index in [1.807, 2.05) is 31.2 Å². The zero-order valence-electron chi connectivity index (χ0n) is 10.4. The first kappa shape index (κ1) is 11.7. The van der Waals surface area contributed by atoms with Crippen LogP contribution >= 0.6 is 0 Å². The summed E-state index contributed by atoms with van der Waals surface area (Å²) in [6.45, 7) is 1.85. The van der Waals surface area contributed by atoms with Gasteiger partial charge in [0.25, 0.3) is 0 Å². The lowest BCUT2D eigenvalue weighted by molar-refractivity contribution is 0.0688. The van der Waals surface area contributed by atoms with Crippen molar-refractivity contribution in [2.24, 2.45) is 0 Å². The molecule has 0 spiro atoms. The number of carboxylic acids is 1. The second-order valence-corrected chi connectivity index (χ2v) is 4.66. The summed E-state index contributed by atoms with van der Waals surface area (Å²) in [7, 11) is 0. The van der Waals surface area contributed by atoms with E-state index in [4.69, 9.17) is 0 Å². The lowest BCUT2D eigenvalue weighted by Crippen LogP contribution is -2.07. The van der Waals surface area contributed by atoms with Crippen LogP contribution in [0.1, 0.15) is 33.3 Å². The number of aliphatic hydroxyl groups is 1. The van der Waals surface area contributed by atoms with E-state index in [9.17, 15) is 15.0 Å². The number of carboxylic acid groups (broad SMARTS) is 1. The Kier molecular flexibility index (Phi) is 2.54. The number of benzene rings is 1. The van der Waals surface area contributed by atoms with Gasteiger partial charge in [-0.1, -0.05) is 24.3 Å². The van der Waals surface area contributed by atoms with Gasteiger partial charge >= 0.3 is 5.97 Å². The van der Waals surface area contributed by atoms with Crippen molar-refractivity contribution in [1.82, 2.24) is 4.57 Å². The Hall–Kier alpha value is -2.33. The second-order valence-electron chi connectivity index (χ2n) is 4.66. The SMILES string of the molecule is Cc1cc(C(=O)O)n(C2=CC(O)c3ccccc32)c1. The molecule has 1 aromatic carbocycles. The molecule has 2 aromatic rings. The highest BCUT2D eigenvalue weighted by molar-refractivity contribution is 5.89. The molecule has 1 aliphatic carbocycles.